The summed E-state index contributed by atoms with van der Waals surface area (Å²) in [4.78, 5) is 0. The molecule has 1 unspecified atom stereocenters. The van der Waals surface area contributed by atoms with Gasteiger partial charge in [0.2, 0.25) is 0 Å². The molecule has 88 valence electrons. The van der Waals surface area contributed by atoms with Crippen LogP contribution in [0.25, 0.3) is 0 Å². The Bertz CT molecular complexity index is 221. The highest BCUT2D eigenvalue weighted by Gasteiger charge is 2.49. The van der Waals surface area contributed by atoms with Crippen LogP contribution in [0.2, 0.25) is 0 Å². The molecule has 2 nitrogen and oxygen atoms in total. The normalized spacial score (nSPS) is 36.2. The van der Waals surface area contributed by atoms with Crippen LogP contribution in [0.4, 0.5) is 0 Å². The van der Waals surface area contributed by atoms with E-state index in [0.29, 0.717) is 12.6 Å². The summed E-state index contributed by atoms with van der Waals surface area (Å²) in [7, 11) is 0. The van der Waals surface area contributed by atoms with Gasteiger partial charge >= 0.3 is 0 Å². The van der Waals surface area contributed by atoms with Gasteiger partial charge in [-0.15, -0.1) is 0 Å². The van der Waals surface area contributed by atoms with Gasteiger partial charge in [0.05, 0.1) is 6.61 Å². The first-order valence-electron chi connectivity index (χ1n) is 6.48. The molecular weight excluding hydrogens is 186 g/mol. The predicted molar refractivity (Wildman–Crippen MR) is 62.8 cm³/mol. The maximum absolute atomic E-state index is 9.75. The van der Waals surface area contributed by atoms with Gasteiger partial charge in [-0.3, -0.25) is 0 Å². The Hall–Kier alpha value is -0.0800. The summed E-state index contributed by atoms with van der Waals surface area (Å²) in [5.74, 6) is 0. The average Bonchev–Trinajstić information content (AvgIpc) is 2.76. The fourth-order valence-corrected chi connectivity index (χ4v) is 3.48. The van der Waals surface area contributed by atoms with Crippen molar-refractivity contribution in [1.82, 2.24) is 5.32 Å². The van der Waals surface area contributed by atoms with Gasteiger partial charge in [0.1, 0.15) is 0 Å². The summed E-state index contributed by atoms with van der Waals surface area (Å²) < 4.78 is 0. The summed E-state index contributed by atoms with van der Waals surface area (Å²) in [5, 5.41) is 13.5. The van der Waals surface area contributed by atoms with Crippen LogP contribution in [0.5, 0.6) is 0 Å². The van der Waals surface area contributed by atoms with Gasteiger partial charge in [-0.2, -0.15) is 0 Å². The lowest BCUT2D eigenvalue weighted by molar-refractivity contribution is 0.0644. The number of nitrogens with one attached hydrogen (secondary N) is 1. The van der Waals surface area contributed by atoms with Crippen LogP contribution < -0.4 is 5.32 Å². The minimum atomic E-state index is 0.00199. The van der Waals surface area contributed by atoms with Gasteiger partial charge in [0.15, 0.2) is 0 Å². The minimum Gasteiger partial charge on any atom is -0.394 e. The van der Waals surface area contributed by atoms with Crippen molar-refractivity contribution in [2.45, 2.75) is 70.4 Å². The molecule has 2 aliphatic rings. The van der Waals surface area contributed by atoms with Crippen LogP contribution >= 0.6 is 0 Å². The molecule has 1 atom stereocenters. The summed E-state index contributed by atoms with van der Waals surface area (Å²) in [5.41, 5.74) is 0.256. The smallest absolute Gasteiger partial charge is 0.0618 e. The van der Waals surface area contributed by atoms with E-state index >= 15 is 0 Å². The molecule has 2 heteroatoms. The lowest BCUT2D eigenvalue weighted by atomic mass is 9.75. The van der Waals surface area contributed by atoms with Crippen molar-refractivity contribution in [2.24, 2.45) is 5.41 Å². The molecule has 0 aromatic carbocycles. The molecule has 2 aliphatic carbocycles. The first-order chi connectivity index (χ1) is 7.10. The van der Waals surface area contributed by atoms with Crippen molar-refractivity contribution in [3.8, 4) is 0 Å². The zero-order valence-electron chi connectivity index (χ0n) is 10.2. The fraction of sp³-hybridized carbons (Fsp3) is 1.00. The summed E-state index contributed by atoms with van der Waals surface area (Å²) in [6.07, 6.45) is 8.97. The minimum absolute atomic E-state index is 0.00199. The van der Waals surface area contributed by atoms with E-state index in [1.165, 1.54) is 38.5 Å². The highest BCUT2D eigenvalue weighted by atomic mass is 16.3. The third kappa shape index (κ3) is 1.94. The molecule has 0 bridgehead atoms. The van der Waals surface area contributed by atoms with Crippen LogP contribution in [0.15, 0.2) is 0 Å². The summed E-state index contributed by atoms with van der Waals surface area (Å²) in [6.45, 7) is 4.91. The molecule has 0 radical (unpaired) electrons. The van der Waals surface area contributed by atoms with Crippen LogP contribution in [0.3, 0.4) is 0 Å². The molecule has 0 aromatic rings. The van der Waals surface area contributed by atoms with Gasteiger partial charge in [0, 0.05) is 11.6 Å². The van der Waals surface area contributed by atoms with Gasteiger partial charge in [-0.25, -0.2) is 0 Å². The highest BCUT2D eigenvalue weighted by Crippen LogP contribution is 2.46. The van der Waals surface area contributed by atoms with Crippen LogP contribution in [0.1, 0.15) is 58.8 Å². The monoisotopic (exact) mass is 211 g/mol. The van der Waals surface area contributed by atoms with Crippen molar-refractivity contribution in [1.29, 1.82) is 0 Å². The maximum atomic E-state index is 9.75. The van der Waals surface area contributed by atoms with E-state index in [9.17, 15) is 5.11 Å². The van der Waals surface area contributed by atoms with Crippen LogP contribution in [0, 0.1) is 5.41 Å². The van der Waals surface area contributed by atoms with E-state index in [1.54, 1.807) is 0 Å². The number of aliphatic hydroxyl groups excluding tert-OH is 1. The topological polar surface area (TPSA) is 32.3 Å². The quantitative estimate of drug-likeness (QED) is 0.751. The van der Waals surface area contributed by atoms with Crippen molar-refractivity contribution in [3.05, 3.63) is 0 Å². The lowest BCUT2D eigenvalue weighted by Crippen LogP contribution is -2.58. The second kappa shape index (κ2) is 4.06. The fourth-order valence-electron chi connectivity index (χ4n) is 3.48. The number of hydrogen-bond donors (Lipinski definition) is 2. The number of hydrogen-bond acceptors (Lipinski definition) is 2. The highest BCUT2D eigenvalue weighted by molar-refractivity contribution is 5.06. The van der Waals surface area contributed by atoms with E-state index in [0.717, 1.165) is 6.42 Å². The van der Waals surface area contributed by atoms with E-state index in [1.807, 2.05) is 0 Å². The second-order valence-electron chi connectivity index (χ2n) is 6.10. The third-order valence-electron chi connectivity index (χ3n) is 4.81. The standard InChI is InChI=1S/C13H25NO/c1-12(2)8-5-9-13(12,10-15)14-11-6-3-4-7-11/h11,14-15H,3-10H2,1-2H3. The Balaban J connectivity index is 2.07. The number of rotatable bonds is 3. The summed E-state index contributed by atoms with van der Waals surface area (Å²) in [6, 6.07) is 0.662. The SMILES string of the molecule is CC1(C)CCCC1(CO)NC1CCCC1. The molecular formula is C13H25NO. The molecule has 0 aromatic heterocycles. The van der Waals surface area contributed by atoms with Crippen molar-refractivity contribution in [2.75, 3.05) is 6.61 Å². The zero-order chi connectivity index (χ0) is 10.9. The molecule has 0 amide bonds. The molecule has 2 fully saturated rings. The first-order valence-corrected chi connectivity index (χ1v) is 6.48. The largest absolute Gasteiger partial charge is 0.394 e. The van der Waals surface area contributed by atoms with Crippen molar-refractivity contribution < 1.29 is 5.11 Å². The predicted octanol–water partition coefficient (Wildman–Crippen LogP) is 2.46. The molecule has 0 heterocycles. The Morgan fingerprint density at radius 3 is 2.27 bits per heavy atom. The molecule has 0 spiro atoms. The van der Waals surface area contributed by atoms with E-state index in [4.69, 9.17) is 0 Å². The average molecular weight is 211 g/mol. The number of aliphatic hydroxyl groups is 1. The van der Waals surface area contributed by atoms with E-state index in [2.05, 4.69) is 19.2 Å². The van der Waals surface area contributed by atoms with Crippen LogP contribution in [-0.2, 0) is 0 Å². The molecule has 0 saturated heterocycles. The second-order valence-corrected chi connectivity index (χ2v) is 6.10. The Kier molecular flexibility index (Phi) is 3.09. The Morgan fingerprint density at radius 2 is 1.80 bits per heavy atom. The van der Waals surface area contributed by atoms with Crippen molar-refractivity contribution >= 4 is 0 Å². The van der Waals surface area contributed by atoms with Crippen molar-refractivity contribution in [3.63, 3.8) is 0 Å². The first kappa shape index (κ1) is 11.4. The molecule has 15 heavy (non-hydrogen) atoms. The van der Waals surface area contributed by atoms with Gasteiger partial charge in [-0.05, 0) is 31.1 Å². The Morgan fingerprint density at radius 1 is 1.13 bits per heavy atom. The third-order valence-corrected chi connectivity index (χ3v) is 4.81. The van der Waals surface area contributed by atoms with Gasteiger partial charge < -0.3 is 10.4 Å². The zero-order valence-corrected chi connectivity index (χ0v) is 10.2. The molecule has 0 aliphatic heterocycles. The maximum Gasteiger partial charge on any atom is 0.0618 e. The lowest BCUT2D eigenvalue weighted by Gasteiger charge is -2.43. The van der Waals surface area contributed by atoms with Gasteiger partial charge in [0.25, 0.3) is 0 Å². The van der Waals surface area contributed by atoms with Crippen LogP contribution in [-0.4, -0.2) is 23.3 Å². The van der Waals surface area contributed by atoms with Gasteiger partial charge in [-0.1, -0.05) is 33.1 Å². The molecule has 2 rings (SSSR count). The van der Waals surface area contributed by atoms with E-state index < -0.39 is 0 Å². The van der Waals surface area contributed by atoms with E-state index in [-0.39, 0.29) is 11.0 Å². The molecule has 2 N–H and O–H groups in total. The summed E-state index contributed by atoms with van der Waals surface area (Å²) >= 11 is 0. The molecule has 2 saturated carbocycles. The Labute approximate surface area is 93.5 Å².